The van der Waals surface area contributed by atoms with Crippen molar-refractivity contribution < 1.29 is 23.3 Å². The third kappa shape index (κ3) is 4.50. The molecule has 0 aromatic heterocycles. The highest BCUT2D eigenvalue weighted by atomic mass is 79.9. The number of rotatable bonds is 6. The molecule has 0 saturated carbocycles. The maximum Gasteiger partial charge on any atom is 0.330 e. The van der Waals surface area contributed by atoms with Crippen LogP contribution in [0.15, 0.2) is 30.3 Å². The molecule has 4 unspecified atom stereocenters. The summed E-state index contributed by atoms with van der Waals surface area (Å²) in [6.45, 7) is 1.09. The van der Waals surface area contributed by atoms with Crippen molar-refractivity contribution in [1.29, 1.82) is 0 Å². The average molecular weight is 561 g/mol. The van der Waals surface area contributed by atoms with Gasteiger partial charge in [0.25, 0.3) is 0 Å². The molecule has 2 aliphatic heterocycles. The van der Waals surface area contributed by atoms with Crippen LogP contribution in [0.2, 0.25) is 0 Å². The number of fused-ring (bicyclic) bond motifs is 1. The van der Waals surface area contributed by atoms with E-state index in [0.29, 0.717) is 0 Å². The van der Waals surface area contributed by atoms with Crippen molar-refractivity contribution in [2.75, 3.05) is 11.9 Å². The van der Waals surface area contributed by atoms with E-state index < -0.39 is 55.3 Å². The van der Waals surface area contributed by atoms with Crippen LogP contribution in [0.25, 0.3) is 0 Å². The summed E-state index contributed by atoms with van der Waals surface area (Å²) in [6, 6.07) is 6.91. The summed E-state index contributed by atoms with van der Waals surface area (Å²) in [7, 11) is -1.66. The smallest absolute Gasteiger partial charge is 0.330 e. The third-order valence-corrected chi connectivity index (χ3v) is 9.09. The molecule has 0 aliphatic carbocycles. The Morgan fingerprint density at radius 1 is 1.30 bits per heavy atom. The summed E-state index contributed by atoms with van der Waals surface area (Å²) < 4.78 is 15.3. The maximum atomic E-state index is 13.2. The molecule has 164 valence electrons. The molecule has 2 fully saturated rings. The van der Waals surface area contributed by atoms with Gasteiger partial charge in [0, 0.05) is 5.33 Å². The topological polar surface area (TPSA) is 92.8 Å². The predicted octanol–water partition coefficient (Wildman–Crippen LogP) is 2.08. The Balaban J connectivity index is 1.75. The number of esters is 1. The quantitative estimate of drug-likeness (QED) is 0.327. The predicted molar refractivity (Wildman–Crippen MR) is 118 cm³/mol. The lowest BCUT2D eigenvalue weighted by Gasteiger charge is -2.43. The summed E-state index contributed by atoms with van der Waals surface area (Å²) in [4.78, 5) is 39.0. The van der Waals surface area contributed by atoms with Crippen molar-refractivity contribution in [2.24, 2.45) is 0 Å². The van der Waals surface area contributed by atoms with Crippen molar-refractivity contribution in [3.8, 4) is 0 Å². The van der Waals surface area contributed by atoms with Gasteiger partial charge in [0.05, 0.1) is 22.0 Å². The molecule has 12 heteroatoms. The SMILES string of the molecule is CC1(CBr)C(C(=O)OCC(Cl)(Cl)Cl)N2C(=O)C(NC(=O)Cc3ccccc3)[C@H]2S1=O. The fourth-order valence-electron chi connectivity index (χ4n) is 3.53. The minimum absolute atomic E-state index is 0.0778. The van der Waals surface area contributed by atoms with Crippen molar-refractivity contribution in [2.45, 2.75) is 39.3 Å². The Morgan fingerprint density at radius 3 is 2.50 bits per heavy atom. The highest BCUT2D eigenvalue weighted by Crippen LogP contribution is 2.45. The number of carbonyl (C=O) groups excluding carboxylic acids is 3. The molecule has 30 heavy (non-hydrogen) atoms. The molecule has 0 spiro atoms. The molecule has 1 aromatic rings. The van der Waals surface area contributed by atoms with Gasteiger partial charge in [-0.05, 0) is 12.5 Å². The zero-order valence-corrected chi connectivity index (χ0v) is 20.3. The summed E-state index contributed by atoms with van der Waals surface area (Å²) >= 11 is 20.2. The molecular weight excluding hydrogens is 543 g/mol. The molecule has 2 aliphatic rings. The second-order valence-corrected chi connectivity index (χ2v) is 12.3. The van der Waals surface area contributed by atoms with E-state index in [9.17, 15) is 18.6 Å². The number of amides is 2. The number of hydrogen-bond acceptors (Lipinski definition) is 5. The Kier molecular flexibility index (Phi) is 7.09. The first-order chi connectivity index (χ1) is 14.0. The molecule has 3 rings (SSSR count). The van der Waals surface area contributed by atoms with Crippen LogP contribution in [-0.4, -0.2) is 64.8 Å². The Hall–Kier alpha value is -0.870. The minimum Gasteiger partial charge on any atom is -0.460 e. The first-order valence-electron chi connectivity index (χ1n) is 8.85. The van der Waals surface area contributed by atoms with Crippen LogP contribution in [0, 0.1) is 0 Å². The van der Waals surface area contributed by atoms with Crippen molar-refractivity contribution in [1.82, 2.24) is 10.2 Å². The normalized spacial score (nSPS) is 30.4. The van der Waals surface area contributed by atoms with Crippen LogP contribution in [0.4, 0.5) is 0 Å². The van der Waals surface area contributed by atoms with Crippen molar-refractivity contribution in [3.05, 3.63) is 35.9 Å². The molecule has 2 heterocycles. The molecule has 2 amide bonds. The van der Waals surface area contributed by atoms with Crippen LogP contribution < -0.4 is 5.32 Å². The van der Waals surface area contributed by atoms with Crippen LogP contribution in [-0.2, 0) is 36.3 Å². The number of ether oxygens (including phenoxy) is 1. The van der Waals surface area contributed by atoms with E-state index in [1.165, 1.54) is 4.90 Å². The number of hydrogen-bond donors (Lipinski definition) is 1. The Bertz CT molecular complexity index is 884. The molecule has 1 N–H and O–H groups in total. The lowest BCUT2D eigenvalue weighted by atomic mass is 9.95. The molecular formula is C18H18BrCl3N2O5S. The number of carbonyl (C=O) groups is 3. The van der Waals surface area contributed by atoms with E-state index >= 15 is 0 Å². The van der Waals surface area contributed by atoms with Crippen LogP contribution in [0.1, 0.15) is 12.5 Å². The minimum atomic E-state index is -1.81. The second kappa shape index (κ2) is 8.94. The lowest BCUT2D eigenvalue weighted by Crippen LogP contribution is -2.71. The van der Waals surface area contributed by atoms with Gasteiger partial charge in [-0.1, -0.05) is 81.1 Å². The van der Waals surface area contributed by atoms with Gasteiger partial charge in [-0.15, -0.1) is 0 Å². The molecule has 0 radical (unpaired) electrons. The number of β-lactam (4-membered cyclic amide) rings is 1. The summed E-state index contributed by atoms with van der Waals surface area (Å²) in [5.74, 6) is -1.70. The van der Waals surface area contributed by atoms with Gasteiger partial charge in [-0.25, -0.2) is 4.79 Å². The number of nitrogens with zero attached hydrogens (tertiary/aromatic N) is 1. The van der Waals surface area contributed by atoms with E-state index in [4.69, 9.17) is 39.5 Å². The van der Waals surface area contributed by atoms with E-state index in [0.717, 1.165) is 5.56 Å². The van der Waals surface area contributed by atoms with Gasteiger partial charge in [0.15, 0.2) is 0 Å². The van der Waals surface area contributed by atoms with Gasteiger partial charge in [0.1, 0.15) is 24.1 Å². The highest BCUT2D eigenvalue weighted by molar-refractivity contribution is 9.09. The first kappa shape index (κ1) is 23.8. The number of alkyl halides is 4. The molecule has 5 atom stereocenters. The fourth-order valence-corrected chi connectivity index (χ4v) is 6.63. The molecule has 2 saturated heterocycles. The zero-order valence-electron chi connectivity index (χ0n) is 15.6. The first-order valence-corrected chi connectivity index (χ1v) is 12.3. The van der Waals surface area contributed by atoms with Crippen molar-refractivity contribution >= 4 is 79.3 Å². The van der Waals surface area contributed by atoms with Crippen LogP contribution >= 0.6 is 50.7 Å². The van der Waals surface area contributed by atoms with E-state index in [1.807, 2.05) is 6.07 Å². The summed E-state index contributed by atoms with van der Waals surface area (Å²) in [5.41, 5.74) is 0.782. The number of nitrogens with one attached hydrogen (secondary N) is 1. The zero-order chi connectivity index (χ0) is 22.3. The van der Waals surface area contributed by atoms with E-state index in [-0.39, 0.29) is 17.7 Å². The Morgan fingerprint density at radius 2 is 1.93 bits per heavy atom. The number of benzene rings is 1. The molecule has 0 bridgehead atoms. The van der Waals surface area contributed by atoms with Gasteiger partial charge in [-0.3, -0.25) is 13.8 Å². The lowest BCUT2D eigenvalue weighted by molar-refractivity contribution is -0.164. The van der Waals surface area contributed by atoms with Crippen LogP contribution in [0.3, 0.4) is 0 Å². The van der Waals surface area contributed by atoms with Gasteiger partial charge in [0.2, 0.25) is 15.6 Å². The van der Waals surface area contributed by atoms with Crippen LogP contribution in [0.5, 0.6) is 0 Å². The summed E-state index contributed by atoms with van der Waals surface area (Å²) in [5, 5.41) is 1.96. The largest absolute Gasteiger partial charge is 0.460 e. The summed E-state index contributed by atoms with van der Waals surface area (Å²) in [6.07, 6.45) is 0.0778. The average Bonchev–Trinajstić information content (AvgIpc) is 2.90. The monoisotopic (exact) mass is 558 g/mol. The van der Waals surface area contributed by atoms with Gasteiger partial charge < -0.3 is 15.0 Å². The standard InChI is InChI=1S/C18H18BrCl3N2O5S/c1-17(8-19)13(16(27)29-9-18(20,21)22)24-14(26)12(15(24)30(17)28)23-11(25)7-10-5-3-2-4-6-10/h2-6,12-13,15H,7-9H2,1H3,(H,23,25)/t12?,13?,15-,17?,30?/m1/s1. The van der Waals surface area contributed by atoms with Gasteiger partial charge >= 0.3 is 5.97 Å². The molecule has 7 nitrogen and oxygen atoms in total. The maximum absolute atomic E-state index is 13.2. The van der Waals surface area contributed by atoms with Gasteiger partial charge in [-0.2, -0.15) is 0 Å². The Labute approximate surface area is 199 Å². The highest BCUT2D eigenvalue weighted by Gasteiger charge is 2.69. The van der Waals surface area contributed by atoms with E-state index in [1.54, 1.807) is 31.2 Å². The second-order valence-electron chi connectivity index (χ2n) is 7.21. The molecule has 1 aromatic carbocycles. The van der Waals surface area contributed by atoms with E-state index in [2.05, 4.69) is 21.2 Å². The fraction of sp³-hybridized carbons (Fsp3) is 0.500. The third-order valence-electron chi connectivity index (χ3n) is 5.01. The number of halogens is 4. The van der Waals surface area contributed by atoms with Crippen molar-refractivity contribution in [3.63, 3.8) is 0 Å².